The predicted molar refractivity (Wildman–Crippen MR) is 97.5 cm³/mol. The highest BCUT2D eigenvalue weighted by atomic mass is 32.1. The summed E-state index contributed by atoms with van der Waals surface area (Å²) in [6, 6.07) is 8.11. The number of thiazole rings is 1. The Morgan fingerprint density at radius 3 is 3.25 bits per heavy atom. The summed E-state index contributed by atoms with van der Waals surface area (Å²) in [5, 5.41) is 5.72. The van der Waals surface area contributed by atoms with E-state index in [0.717, 1.165) is 30.3 Å². The largest absolute Gasteiger partial charge is 0.497 e. The van der Waals surface area contributed by atoms with Gasteiger partial charge in [-0.2, -0.15) is 0 Å². The molecular formula is C18H21N3O2S. The molecule has 1 aliphatic heterocycles. The molecule has 0 unspecified atom stereocenters. The van der Waals surface area contributed by atoms with Crippen LogP contribution < -0.4 is 15.0 Å². The van der Waals surface area contributed by atoms with Crippen molar-refractivity contribution in [3.63, 3.8) is 0 Å². The average Bonchev–Trinajstić information content (AvgIpc) is 3.30. The summed E-state index contributed by atoms with van der Waals surface area (Å²) in [6.45, 7) is 2.65. The third kappa shape index (κ3) is 4.35. The Balaban J connectivity index is 1.46. The highest BCUT2D eigenvalue weighted by Crippen LogP contribution is 2.26. The highest BCUT2D eigenvalue weighted by Gasteiger charge is 2.23. The molecule has 24 heavy (non-hydrogen) atoms. The summed E-state index contributed by atoms with van der Waals surface area (Å²) in [5.41, 5.74) is 1.17. The van der Waals surface area contributed by atoms with Gasteiger partial charge in [-0.15, -0.1) is 11.3 Å². The van der Waals surface area contributed by atoms with Crippen LogP contribution >= 0.6 is 11.3 Å². The second kappa shape index (κ2) is 7.97. The van der Waals surface area contributed by atoms with Gasteiger partial charge in [0, 0.05) is 49.0 Å². The number of amides is 1. The molecule has 0 saturated carbocycles. The molecule has 0 aliphatic carbocycles. The van der Waals surface area contributed by atoms with Crippen molar-refractivity contribution < 1.29 is 9.53 Å². The second-order valence-corrected chi connectivity index (χ2v) is 6.68. The number of hydrogen-bond acceptors (Lipinski definition) is 5. The number of nitrogens with zero attached hydrogens (tertiary/aromatic N) is 2. The van der Waals surface area contributed by atoms with Crippen molar-refractivity contribution >= 4 is 29.0 Å². The van der Waals surface area contributed by atoms with E-state index in [9.17, 15) is 4.79 Å². The lowest BCUT2D eigenvalue weighted by molar-refractivity contribution is -0.116. The van der Waals surface area contributed by atoms with E-state index >= 15 is 0 Å². The van der Waals surface area contributed by atoms with E-state index in [1.54, 1.807) is 25.5 Å². The minimum Gasteiger partial charge on any atom is -0.497 e. The SMILES string of the molecule is COc1cccc(N2CC[C@H](CNC(=O)/C=C/c3nccs3)C2)c1. The lowest BCUT2D eigenvalue weighted by atomic mass is 10.1. The quantitative estimate of drug-likeness (QED) is 0.820. The van der Waals surface area contributed by atoms with Crippen LogP contribution in [0.25, 0.3) is 6.08 Å². The molecule has 2 aromatic rings. The number of hydrogen-bond donors (Lipinski definition) is 1. The molecule has 0 radical (unpaired) electrons. The molecule has 126 valence electrons. The van der Waals surface area contributed by atoms with Crippen molar-refractivity contribution in [2.24, 2.45) is 5.92 Å². The molecule has 6 heteroatoms. The van der Waals surface area contributed by atoms with Gasteiger partial charge in [0.1, 0.15) is 10.8 Å². The molecule has 1 amide bonds. The number of rotatable bonds is 6. The number of ether oxygens (including phenoxy) is 1. The summed E-state index contributed by atoms with van der Waals surface area (Å²) in [6.07, 6.45) is 6.10. The van der Waals surface area contributed by atoms with Gasteiger partial charge in [0.2, 0.25) is 5.91 Å². The molecule has 5 nitrogen and oxygen atoms in total. The summed E-state index contributed by atoms with van der Waals surface area (Å²) < 4.78 is 5.28. The topological polar surface area (TPSA) is 54.5 Å². The van der Waals surface area contributed by atoms with Gasteiger partial charge in [0.05, 0.1) is 7.11 Å². The van der Waals surface area contributed by atoms with E-state index < -0.39 is 0 Å². The summed E-state index contributed by atoms with van der Waals surface area (Å²) in [5.74, 6) is 1.27. The van der Waals surface area contributed by atoms with Crippen molar-refractivity contribution in [1.29, 1.82) is 0 Å². The molecule has 1 aliphatic rings. The van der Waals surface area contributed by atoms with Crippen LogP contribution in [0.5, 0.6) is 5.75 Å². The van der Waals surface area contributed by atoms with Crippen LogP contribution in [-0.2, 0) is 4.79 Å². The Kier molecular flexibility index (Phi) is 5.48. The number of anilines is 1. The van der Waals surface area contributed by atoms with Crippen LogP contribution in [0.1, 0.15) is 11.4 Å². The lowest BCUT2D eigenvalue weighted by Crippen LogP contribution is -2.29. The number of benzene rings is 1. The van der Waals surface area contributed by atoms with Gasteiger partial charge in [-0.05, 0) is 30.5 Å². The fraction of sp³-hybridized carbons (Fsp3) is 0.333. The molecule has 1 atom stereocenters. The third-order valence-electron chi connectivity index (χ3n) is 4.10. The third-order valence-corrected chi connectivity index (χ3v) is 4.84. The molecular weight excluding hydrogens is 322 g/mol. The maximum absolute atomic E-state index is 11.9. The van der Waals surface area contributed by atoms with Crippen molar-refractivity contribution in [3.8, 4) is 5.75 Å². The minimum absolute atomic E-state index is 0.0648. The molecule has 1 saturated heterocycles. The van der Waals surface area contributed by atoms with Gasteiger partial charge in [0.25, 0.3) is 0 Å². The van der Waals surface area contributed by atoms with Gasteiger partial charge in [0.15, 0.2) is 0 Å². The fourth-order valence-corrected chi connectivity index (χ4v) is 3.34. The van der Waals surface area contributed by atoms with Crippen LogP contribution in [0.4, 0.5) is 5.69 Å². The van der Waals surface area contributed by atoms with Crippen molar-refractivity contribution in [3.05, 3.63) is 46.9 Å². The first kappa shape index (κ1) is 16.5. The van der Waals surface area contributed by atoms with E-state index in [2.05, 4.69) is 27.3 Å². The van der Waals surface area contributed by atoms with Crippen LogP contribution in [-0.4, -0.2) is 37.6 Å². The predicted octanol–water partition coefficient (Wildman–Crippen LogP) is 2.81. The van der Waals surface area contributed by atoms with Crippen molar-refractivity contribution in [2.75, 3.05) is 31.6 Å². The van der Waals surface area contributed by atoms with E-state index in [0.29, 0.717) is 12.5 Å². The summed E-state index contributed by atoms with van der Waals surface area (Å²) >= 11 is 1.51. The maximum Gasteiger partial charge on any atom is 0.244 e. The summed E-state index contributed by atoms with van der Waals surface area (Å²) in [7, 11) is 1.68. The molecule has 1 aromatic carbocycles. The number of carbonyl (C=O) groups excluding carboxylic acids is 1. The monoisotopic (exact) mass is 343 g/mol. The van der Waals surface area contributed by atoms with Crippen LogP contribution in [0, 0.1) is 5.92 Å². The Morgan fingerprint density at radius 2 is 2.46 bits per heavy atom. The number of nitrogens with one attached hydrogen (secondary N) is 1. The van der Waals surface area contributed by atoms with Gasteiger partial charge in [-0.25, -0.2) is 4.98 Å². The molecule has 2 heterocycles. The van der Waals surface area contributed by atoms with Crippen molar-refractivity contribution in [1.82, 2.24) is 10.3 Å². The second-order valence-electron chi connectivity index (χ2n) is 5.75. The zero-order valence-corrected chi connectivity index (χ0v) is 14.5. The zero-order chi connectivity index (χ0) is 16.8. The standard InChI is InChI=1S/C18H21N3O2S/c1-23-16-4-2-3-15(11-16)21-9-7-14(13-21)12-20-17(22)5-6-18-19-8-10-24-18/h2-6,8,10-11,14H,7,9,12-13H2,1H3,(H,20,22)/b6-5+/t14-/m1/s1. The molecule has 0 bridgehead atoms. The first-order valence-corrected chi connectivity index (χ1v) is 8.87. The number of aromatic nitrogens is 1. The molecule has 0 spiro atoms. The fourth-order valence-electron chi connectivity index (χ4n) is 2.81. The van der Waals surface area contributed by atoms with Crippen LogP contribution in [0.2, 0.25) is 0 Å². The first-order chi connectivity index (χ1) is 11.7. The van der Waals surface area contributed by atoms with E-state index in [4.69, 9.17) is 4.74 Å². The molecule has 1 fully saturated rings. The van der Waals surface area contributed by atoms with E-state index in [-0.39, 0.29) is 5.91 Å². The van der Waals surface area contributed by atoms with Gasteiger partial charge in [-0.3, -0.25) is 4.79 Å². The smallest absolute Gasteiger partial charge is 0.244 e. The van der Waals surface area contributed by atoms with Crippen LogP contribution in [0.3, 0.4) is 0 Å². The van der Waals surface area contributed by atoms with E-state index in [1.165, 1.54) is 17.0 Å². The molecule has 3 rings (SSSR count). The Bertz CT molecular complexity index is 700. The Morgan fingerprint density at radius 1 is 1.54 bits per heavy atom. The summed E-state index contributed by atoms with van der Waals surface area (Å²) in [4.78, 5) is 18.3. The first-order valence-electron chi connectivity index (χ1n) is 7.99. The normalized spacial score (nSPS) is 17.4. The zero-order valence-electron chi connectivity index (χ0n) is 13.6. The van der Waals surface area contributed by atoms with Gasteiger partial charge in [-0.1, -0.05) is 6.07 Å². The Hall–Kier alpha value is -2.34. The maximum atomic E-state index is 11.9. The van der Waals surface area contributed by atoms with Crippen LogP contribution in [0.15, 0.2) is 41.9 Å². The molecule has 1 N–H and O–H groups in total. The molecule has 1 aromatic heterocycles. The van der Waals surface area contributed by atoms with Gasteiger partial charge < -0.3 is 15.0 Å². The Labute approximate surface area is 146 Å². The minimum atomic E-state index is -0.0648. The lowest BCUT2D eigenvalue weighted by Gasteiger charge is -2.19. The average molecular weight is 343 g/mol. The highest BCUT2D eigenvalue weighted by molar-refractivity contribution is 7.10. The number of carbonyl (C=O) groups is 1. The number of methoxy groups -OCH3 is 1. The van der Waals surface area contributed by atoms with Gasteiger partial charge >= 0.3 is 0 Å². The van der Waals surface area contributed by atoms with Crippen molar-refractivity contribution in [2.45, 2.75) is 6.42 Å². The van der Waals surface area contributed by atoms with E-state index in [1.807, 2.05) is 17.5 Å².